The first-order chi connectivity index (χ1) is 15.8. The van der Waals surface area contributed by atoms with Crippen LogP contribution in [0.4, 0.5) is 4.79 Å². The van der Waals surface area contributed by atoms with Gasteiger partial charge in [0.05, 0.1) is 6.42 Å². The van der Waals surface area contributed by atoms with Gasteiger partial charge in [-0.25, -0.2) is 4.79 Å². The zero-order chi connectivity index (χ0) is 23.6. The van der Waals surface area contributed by atoms with Crippen LogP contribution < -0.4 is 5.32 Å². The molecule has 0 atom stereocenters. The lowest BCUT2D eigenvalue weighted by Crippen LogP contribution is -2.54. The van der Waals surface area contributed by atoms with Crippen LogP contribution in [0.2, 0.25) is 0 Å². The number of likely N-dealkylation sites (tertiary alicyclic amines) is 1. The van der Waals surface area contributed by atoms with Crippen molar-refractivity contribution < 1.29 is 24.2 Å². The number of benzene rings is 2. The molecule has 4 rings (SSSR count). The smallest absolute Gasteiger partial charge is 0.407 e. The van der Waals surface area contributed by atoms with Crippen molar-refractivity contribution >= 4 is 18.0 Å². The van der Waals surface area contributed by atoms with Gasteiger partial charge in [0.1, 0.15) is 6.61 Å². The van der Waals surface area contributed by atoms with Crippen LogP contribution in [-0.2, 0) is 14.3 Å². The van der Waals surface area contributed by atoms with Gasteiger partial charge < -0.3 is 20.1 Å². The van der Waals surface area contributed by atoms with E-state index in [0.717, 1.165) is 11.1 Å². The molecule has 0 unspecified atom stereocenters. The van der Waals surface area contributed by atoms with Crippen LogP contribution in [0.3, 0.4) is 0 Å². The first-order valence-electron chi connectivity index (χ1n) is 11.4. The number of carbonyl (C=O) groups excluding carboxylic acids is 2. The van der Waals surface area contributed by atoms with Crippen molar-refractivity contribution in [1.82, 2.24) is 10.2 Å². The van der Waals surface area contributed by atoms with Crippen molar-refractivity contribution in [3.05, 3.63) is 59.7 Å². The second-order valence-electron chi connectivity index (χ2n) is 9.56. The Hall–Kier alpha value is -3.35. The van der Waals surface area contributed by atoms with E-state index in [1.54, 1.807) is 4.90 Å². The highest BCUT2D eigenvalue weighted by atomic mass is 16.5. The van der Waals surface area contributed by atoms with Crippen LogP contribution in [0.15, 0.2) is 48.5 Å². The number of carboxylic acid groups (broad SMARTS) is 1. The number of alkyl carbamates (subject to hydrolysis) is 1. The van der Waals surface area contributed by atoms with E-state index >= 15 is 0 Å². The number of carbonyl (C=O) groups is 3. The van der Waals surface area contributed by atoms with E-state index in [1.165, 1.54) is 11.1 Å². The highest BCUT2D eigenvalue weighted by molar-refractivity contribution is 5.83. The standard InChI is InChI=1S/C26H30N2O5/c1-26(2,24(31)28-14-17(15-28)13-23(29)30)11-12-27-25(32)33-16-22-20-9-5-3-7-18(20)19-8-4-6-10-21(19)22/h3-10,17,22H,11-16H2,1-2H3,(H,27,32)(H,29,30). The molecule has 1 saturated heterocycles. The van der Waals surface area contributed by atoms with Crippen LogP contribution in [0.25, 0.3) is 11.1 Å². The number of hydrogen-bond acceptors (Lipinski definition) is 4. The van der Waals surface area contributed by atoms with Gasteiger partial charge in [-0.2, -0.15) is 0 Å². The molecule has 33 heavy (non-hydrogen) atoms. The van der Waals surface area contributed by atoms with Gasteiger partial charge in [0.25, 0.3) is 0 Å². The van der Waals surface area contributed by atoms with Gasteiger partial charge in [0.15, 0.2) is 0 Å². The first-order valence-corrected chi connectivity index (χ1v) is 11.4. The Morgan fingerprint density at radius 1 is 1.03 bits per heavy atom. The Morgan fingerprint density at radius 3 is 2.18 bits per heavy atom. The molecule has 0 radical (unpaired) electrons. The maximum atomic E-state index is 12.7. The molecule has 2 amide bonds. The number of amides is 2. The minimum Gasteiger partial charge on any atom is -0.481 e. The molecule has 2 aromatic rings. The SMILES string of the molecule is CC(C)(CCNC(=O)OCC1c2ccccc2-c2ccccc21)C(=O)N1CC(CC(=O)O)C1. The third-order valence-electron chi connectivity index (χ3n) is 6.65. The molecule has 0 spiro atoms. The topological polar surface area (TPSA) is 95.9 Å². The van der Waals surface area contributed by atoms with Crippen molar-refractivity contribution in [3.63, 3.8) is 0 Å². The first kappa shape index (κ1) is 22.8. The summed E-state index contributed by atoms with van der Waals surface area (Å²) in [6.07, 6.45) is 0.0644. The summed E-state index contributed by atoms with van der Waals surface area (Å²) in [5.74, 6) is -0.815. The third kappa shape index (κ3) is 4.87. The van der Waals surface area contributed by atoms with Crippen LogP contribution >= 0.6 is 0 Å². The number of aliphatic carboxylic acids is 1. The van der Waals surface area contributed by atoms with Crippen LogP contribution in [-0.4, -0.2) is 54.2 Å². The quantitative estimate of drug-likeness (QED) is 0.636. The monoisotopic (exact) mass is 450 g/mol. The largest absolute Gasteiger partial charge is 0.481 e. The number of nitrogens with one attached hydrogen (secondary N) is 1. The molecular weight excluding hydrogens is 420 g/mol. The molecular formula is C26H30N2O5. The van der Waals surface area contributed by atoms with Crippen molar-refractivity contribution in [2.24, 2.45) is 11.3 Å². The number of nitrogens with zero attached hydrogens (tertiary/aromatic N) is 1. The van der Waals surface area contributed by atoms with Crippen molar-refractivity contribution in [3.8, 4) is 11.1 Å². The molecule has 2 aliphatic rings. The summed E-state index contributed by atoms with van der Waals surface area (Å²) in [6, 6.07) is 16.4. The summed E-state index contributed by atoms with van der Waals surface area (Å²) in [5, 5.41) is 11.6. The second-order valence-corrected chi connectivity index (χ2v) is 9.56. The van der Waals surface area contributed by atoms with E-state index in [-0.39, 0.29) is 30.8 Å². The third-order valence-corrected chi connectivity index (χ3v) is 6.65. The van der Waals surface area contributed by atoms with E-state index < -0.39 is 17.5 Å². The lowest BCUT2D eigenvalue weighted by molar-refractivity contribution is -0.151. The lowest BCUT2D eigenvalue weighted by atomic mass is 9.84. The molecule has 0 saturated carbocycles. The van der Waals surface area contributed by atoms with Crippen LogP contribution in [0.1, 0.15) is 43.7 Å². The molecule has 1 aliphatic heterocycles. The molecule has 0 aromatic heterocycles. The molecule has 1 aliphatic carbocycles. The van der Waals surface area contributed by atoms with Crippen molar-refractivity contribution in [2.45, 2.75) is 32.6 Å². The predicted octanol–water partition coefficient (Wildman–Crippen LogP) is 3.87. The fraction of sp³-hybridized carbons (Fsp3) is 0.423. The Morgan fingerprint density at radius 2 is 1.61 bits per heavy atom. The summed E-state index contributed by atoms with van der Waals surface area (Å²) < 4.78 is 5.54. The van der Waals surface area contributed by atoms with Gasteiger partial charge in [-0.1, -0.05) is 62.4 Å². The number of fused-ring (bicyclic) bond motifs is 3. The summed E-state index contributed by atoms with van der Waals surface area (Å²) in [4.78, 5) is 37.5. The normalized spacial score (nSPS) is 15.4. The van der Waals surface area contributed by atoms with E-state index in [1.807, 2.05) is 38.1 Å². The molecule has 7 heteroatoms. The maximum Gasteiger partial charge on any atom is 0.407 e. The fourth-order valence-corrected chi connectivity index (χ4v) is 4.77. The Kier molecular flexibility index (Phi) is 6.40. The van der Waals surface area contributed by atoms with E-state index in [9.17, 15) is 14.4 Å². The molecule has 7 nitrogen and oxygen atoms in total. The van der Waals surface area contributed by atoms with Crippen molar-refractivity contribution in [2.75, 3.05) is 26.2 Å². The molecule has 174 valence electrons. The zero-order valence-corrected chi connectivity index (χ0v) is 19.0. The number of hydrogen-bond donors (Lipinski definition) is 2. The summed E-state index contributed by atoms with van der Waals surface area (Å²) in [5.41, 5.74) is 4.03. The van der Waals surface area contributed by atoms with Gasteiger partial charge in [-0.05, 0) is 28.7 Å². The van der Waals surface area contributed by atoms with Gasteiger partial charge in [0.2, 0.25) is 5.91 Å². The molecule has 1 fully saturated rings. The minimum absolute atomic E-state index is 0.00586. The number of ether oxygens (including phenoxy) is 1. The Labute approximate surface area is 193 Å². The minimum atomic E-state index is -0.835. The second kappa shape index (κ2) is 9.25. The van der Waals surface area contributed by atoms with E-state index in [0.29, 0.717) is 26.1 Å². The average molecular weight is 451 g/mol. The van der Waals surface area contributed by atoms with Crippen LogP contribution in [0.5, 0.6) is 0 Å². The van der Waals surface area contributed by atoms with Gasteiger partial charge in [-0.3, -0.25) is 9.59 Å². The summed E-state index contributed by atoms with van der Waals surface area (Å²) >= 11 is 0. The summed E-state index contributed by atoms with van der Waals surface area (Å²) in [6.45, 7) is 5.23. The highest BCUT2D eigenvalue weighted by Gasteiger charge is 2.39. The fourth-order valence-electron chi connectivity index (χ4n) is 4.77. The van der Waals surface area contributed by atoms with Crippen LogP contribution in [0, 0.1) is 11.3 Å². The highest BCUT2D eigenvalue weighted by Crippen LogP contribution is 2.44. The van der Waals surface area contributed by atoms with Gasteiger partial charge in [0, 0.05) is 36.9 Å². The molecule has 1 heterocycles. The van der Waals surface area contributed by atoms with E-state index in [2.05, 4.69) is 29.6 Å². The van der Waals surface area contributed by atoms with Gasteiger partial charge in [-0.15, -0.1) is 0 Å². The molecule has 0 bridgehead atoms. The van der Waals surface area contributed by atoms with Crippen molar-refractivity contribution in [1.29, 1.82) is 0 Å². The maximum absolute atomic E-state index is 12.7. The Balaban J connectivity index is 1.24. The zero-order valence-electron chi connectivity index (χ0n) is 19.0. The number of rotatable bonds is 8. The van der Waals surface area contributed by atoms with E-state index in [4.69, 9.17) is 9.84 Å². The number of carboxylic acids is 1. The average Bonchev–Trinajstić information content (AvgIpc) is 3.07. The predicted molar refractivity (Wildman–Crippen MR) is 124 cm³/mol. The summed E-state index contributed by atoms with van der Waals surface area (Å²) in [7, 11) is 0. The molecule has 2 aromatic carbocycles. The molecule has 2 N–H and O–H groups in total. The lowest BCUT2D eigenvalue weighted by Gasteiger charge is -2.42. The van der Waals surface area contributed by atoms with Gasteiger partial charge >= 0.3 is 12.1 Å². The Bertz CT molecular complexity index is 1010.